The molecule has 1 aromatic carbocycles. The summed E-state index contributed by atoms with van der Waals surface area (Å²) in [4.78, 5) is 27.2. The molecule has 0 fully saturated rings. The third-order valence-electron chi connectivity index (χ3n) is 2.92. The number of aromatic amines is 1. The van der Waals surface area contributed by atoms with Crippen molar-refractivity contribution < 1.29 is 4.79 Å². The van der Waals surface area contributed by atoms with E-state index in [9.17, 15) is 9.59 Å². The highest BCUT2D eigenvalue weighted by Gasteiger charge is 2.16. The monoisotopic (exact) mass is 369 g/mol. The van der Waals surface area contributed by atoms with Crippen molar-refractivity contribution >= 4 is 61.9 Å². The molecule has 5 nitrogen and oxygen atoms in total. The van der Waals surface area contributed by atoms with E-state index in [1.807, 2.05) is 6.07 Å². The Hall–Kier alpha value is -1.51. The van der Waals surface area contributed by atoms with E-state index in [0.29, 0.717) is 25.4 Å². The Bertz CT molecular complexity index is 970. The van der Waals surface area contributed by atoms with E-state index >= 15 is 0 Å². The molecule has 0 radical (unpaired) electrons. The summed E-state index contributed by atoms with van der Waals surface area (Å²) in [6, 6.07) is 5.37. The van der Waals surface area contributed by atoms with Crippen molar-refractivity contribution in [3.8, 4) is 0 Å². The van der Waals surface area contributed by atoms with Crippen molar-refractivity contribution in [2.45, 2.75) is 0 Å². The minimum absolute atomic E-state index is 0.251. The van der Waals surface area contributed by atoms with E-state index in [1.54, 1.807) is 16.5 Å². The maximum Gasteiger partial charge on any atom is 0.264 e. The molecule has 0 spiro atoms. The quantitative estimate of drug-likeness (QED) is 0.648. The zero-order valence-corrected chi connectivity index (χ0v) is 13.4. The number of hydrogen-bond acceptors (Lipinski definition) is 4. The molecule has 0 saturated heterocycles. The van der Waals surface area contributed by atoms with E-state index < -0.39 is 0 Å². The Labute approximate surface area is 130 Å². The summed E-state index contributed by atoms with van der Waals surface area (Å²) in [7, 11) is 1.54. The van der Waals surface area contributed by atoms with Crippen LogP contribution >= 0.6 is 39.5 Å². The highest BCUT2D eigenvalue weighted by atomic mass is 79.9. The van der Waals surface area contributed by atoms with Crippen LogP contribution in [0.25, 0.3) is 16.6 Å². The van der Waals surface area contributed by atoms with Crippen LogP contribution in [-0.4, -0.2) is 22.3 Å². The van der Waals surface area contributed by atoms with Crippen LogP contribution in [0.15, 0.2) is 27.5 Å². The van der Waals surface area contributed by atoms with Crippen LogP contribution in [0.1, 0.15) is 9.67 Å². The zero-order valence-electron chi connectivity index (χ0n) is 10.2. The van der Waals surface area contributed by atoms with Gasteiger partial charge in [0.05, 0.1) is 10.9 Å². The van der Waals surface area contributed by atoms with Gasteiger partial charge in [-0.2, -0.15) is 0 Å². The predicted molar refractivity (Wildman–Crippen MR) is 85.3 cm³/mol. The first-order valence-electron chi connectivity index (χ1n) is 5.62. The largest absolute Gasteiger partial charge is 0.354 e. The molecule has 0 aliphatic heterocycles. The van der Waals surface area contributed by atoms with Crippen molar-refractivity contribution in [2.24, 2.45) is 0 Å². The average Bonchev–Trinajstić information content (AvgIpc) is 2.75. The molecule has 0 saturated carbocycles. The molecule has 0 atom stereocenters. The van der Waals surface area contributed by atoms with Crippen LogP contribution in [0.3, 0.4) is 0 Å². The van der Waals surface area contributed by atoms with Gasteiger partial charge in [0.2, 0.25) is 0 Å². The summed E-state index contributed by atoms with van der Waals surface area (Å²) in [6.45, 7) is 0. The van der Waals surface area contributed by atoms with Crippen molar-refractivity contribution in [1.29, 1.82) is 0 Å². The lowest BCUT2D eigenvalue weighted by Crippen LogP contribution is -2.18. The van der Waals surface area contributed by atoms with Crippen molar-refractivity contribution in [3.63, 3.8) is 0 Å². The van der Waals surface area contributed by atoms with Gasteiger partial charge in [0, 0.05) is 11.5 Å². The number of thiazole rings is 1. The van der Waals surface area contributed by atoms with Gasteiger partial charge in [0.25, 0.3) is 11.5 Å². The summed E-state index contributed by atoms with van der Waals surface area (Å²) in [5.41, 5.74) is 0.863. The van der Waals surface area contributed by atoms with Gasteiger partial charge in [-0.3, -0.25) is 14.0 Å². The minimum Gasteiger partial charge on any atom is -0.354 e. The Morgan fingerprint density at radius 1 is 1.50 bits per heavy atom. The summed E-state index contributed by atoms with van der Waals surface area (Å²) in [5, 5.41) is 3.06. The number of hydrogen-bond donors (Lipinski definition) is 2. The van der Waals surface area contributed by atoms with Crippen LogP contribution in [-0.2, 0) is 0 Å². The third-order valence-corrected chi connectivity index (χ3v) is 4.79. The lowest BCUT2D eigenvalue weighted by atomic mass is 10.2. The molecule has 0 aliphatic rings. The van der Waals surface area contributed by atoms with Crippen LogP contribution in [0.4, 0.5) is 0 Å². The maximum atomic E-state index is 12.2. The van der Waals surface area contributed by atoms with Gasteiger partial charge < -0.3 is 10.3 Å². The average molecular weight is 370 g/mol. The second kappa shape index (κ2) is 4.80. The SMILES string of the molecule is CNC(=O)c1sc(=S)n2c1[nH]c(=O)c1cc(Br)ccc12. The molecule has 2 heterocycles. The molecule has 0 aliphatic carbocycles. The first-order chi connectivity index (χ1) is 9.52. The molecular formula is C12H8BrN3O2S2. The Kier molecular flexibility index (Phi) is 3.23. The van der Waals surface area contributed by atoms with Crippen molar-refractivity contribution in [3.05, 3.63) is 41.9 Å². The molecular weight excluding hydrogens is 362 g/mol. The number of rotatable bonds is 1. The highest BCUT2D eigenvalue weighted by molar-refractivity contribution is 9.10. The number of nitrogens with one attached hydrogen (secondary N) is 2. The van der Waals surface area contributed by atoms with Crippen LogP contribution in [0.2, 0.25) is 0 Å². The molecule has 2 N–H and O–H groups in total. The molecule has 0 unspecified atom stereocenters. The molecule has 2 aromatic heterocycles. The van der Waals surface area contributed by atoms with Crippen LogP contribution in [0.5, 0.6) is 0 Å². The number of benzene rings is 1. The highest BCUT2D eigenvalue weighted by Crippen LogP contribution is 2.24. The van der Waals surface area contributed by atoms with Gasteiger partial charge >= 0.3 is 0 Å². The standard InChI is InChI=1S/C12H8BrN3O2S2/c1-14-11(18)8-9-15-10(17)6-4-5(13)2-3-7(6)16(9)12(19)20-8/h2-4H,1H3,(H,14,18)(H,15,17). The van der Waals surface area contributed by atoms with Crippen molar-refractivity contribution in [1.82, 2.24) is 14.7 Å². The first-order valence-corrected chi connectivity index (χ1v) is 7.64. The van der Waals surface area contributed by atoms with Crippen LogP contribution < -0.4 is 10.9 Å². The summed E-state index contributed by atoms with van der Waals surface area (Å²) in [5.74, 6) is -0.268. The fourth-order valence-electron chi connectivity index (χ4n) is 2.03. The number of aromatic nitrogens is 2. The van der Waals surface area contributed by atoms with Gasteiger partial charge in [-0.25, -0.2) is 0 Å². The summed E-state index contributed by atoms with van der Waals surface area (Å²) >= 11 is 9.82. The Balaban J connectivity index is 2.57. The Morgan fingerprint density at radius 3 is 2.95 bits per heavy atom. The molecule has 102 valence electrons. The van der Waals surface area contributed by atoms with Crippen molar-refractivity contribution in [2.75, 3.05) is 7.05 Å². The lowest BCUT2D eigenvalue weighted by molar-refractivity contribution is 0.0968. The molecule has 0 bridgehead atoms. The first kappa shape index (κ1) is 13.5. The normalized spacial score (nSPS) is 11.1. The molecule has 3 rings (SSSR count). The topological polar surface area (TPSA) is 66.4 Å². The van der Waals surface area contributed by atoms with Gasteiger partial charge in [0.1, 0.15) is 10.5 Å². The number of H-pyrrole nitrogens is 1. The van der Waals surface area contributed by atoms with E-state index in [2.05, 4.69) is 26.2 Å². The van der Waals surface area contributed by atoms with Gasteiger partial charge in [-0.15, -0.1) is 0 Å². The fourth-order valence-corrected chi connectivity index (χ4v) is 3.72. The summed E-state index contributed by atoms with van der Waals surface area (Å²) in [6.07, 6.45) is 0. The second-order valence-corrected chi connectivity index (χ2v) is 6.64. The molecule has 1 amide bonds. The number of halogens is 1. The smallest absolute Gasteiger partial charge is 0.264 e. The predicted octanol–water partition coefficient (Wildman–Crippen LogP) is 2.69. The summed E-state index contributed by atoms with van der Waals surface area (Å²) < 4.78 is 3.04. The van der Waals surface area contributed by atoms with Gasteiger partial charge in [0.15, 0.2) is 3.95 Å². The maximum absolute atomic E-state index is 12.2. The molecule has 20 heavy (non-hydrogen) atoms. The molecule has 8 heteroatoms. The number of carbonyl (C=O) groups is 1. The van der Waals surface area contributed by atoms with E-state index in [4.69, 9.17) is 12.2 Å². The number of carbonyl (C=O) groups excluding carboxylic acids is 1. The van der Waals surface area contributed by atoms with Gasteiger partial charge in [-0.1, -0.05) is 27.3 Å². The molecule has 3 aromatic rings. The number of amides is 1. The van der Waals surface area contributed by atoms with E-state index in [1.165, 1.54) is 18.4 Å². The Morgan fingerprint density at radius 2 is 2.25 bits per heavy atom. The minimum atomic E-state index is -0.268. The van der Waals surface area contributed by atoms with Gasteiger partial charge in [-0.05, 0) is 30.4 Å². The fraction of sp³-hybridized carbons (Fsp3) is 0.0833. The third kappa shape index (κ3) is 1.91. The number of fused-ring (bicyclic) bond motifs is 3. The second-order valence-electron chi connectivity index (χ2n) is 4.08. The van der Waals surface area contributed by atoms with E-state index in [0.717, 1.165) is 4.47 Å². The zero-order chi connectivity index (χ0) is 14.4. The number of nitrogens with zero attached hydrogens (tertiary/aromatic N) is 1. The lowest BCUT2D eigenvalue weighted by Gasteiger charge is -2.03. The van der Waals surface area contributed by atoms with Crippen LogP contribution in [0, 0.1) is 3.95 Å². The van der Waals surface area contributed by atoms with E-state index in [-0.39, 0.29) is 11.5 Å².